The molecule has 6 nitrogen and oxygen atoms in total. The summed E-state index contributed by atoms with van der Waals surface area (Å²) in [5.74, 6) is 0.750. The molecule has 7 heteroatoms. The fraction of sp³-hybridized carbons (Fsp3) is 0.556. The van der Waals surface area contributed by atoms with E-state index in [0.29, 0.717) is 17.1 Å². The molecule has 0 radical (unpaired) electrons. The molecule has 3 N–H and O–H groups in total. The molecule has 0 amide bonds. The van der Waals surface area contributed by atoms with Gasteiger partial charge in [0.25, 0.3) is 0 Å². The van der Waals surface area contributed by atoms with Gasteiger partial charge in [0, 0.05) is 5.56 Å². The van der Waals surface area contributed by atoms with Gasteiger partial charge in [-0.3, -0.25) is 0 Å². The summed E-state index contributed by atoms with van der Waals surface area (Å²) in [5.41, 5.74) is 6.85. The first-order chi connectivity index (χ1) is 7.43. The Morgan fingerprint density at radius 3 is 2.69 bits per heavy atom. The average Bonchev–Trinajstić information content (AvgIpc) is 2.52. The fourth-order valence-electron chi connectivity index (χ4n) is 1.65. The second-order valence-electron chi connectivity index (χ2n) is 3.93. The van der Waals surface area contributed by atoms with Crippen molar-refractivity contribution < 1.29 is 8.42 Å². The molecule has 1 atom stereocenters. The van der Waals surface area contributed by atoms with E-state index >= 15 is 0 Å². The summed E-state index contributed by atoms with van der Waals surface area (Å²) in [6.45, 7) is 1.89. The Bertz CT molecular complexity index is 527. The number of rotatable bonds is 2. The monoisotopic (exact) mass is 242 g/mol. The molecule has 0 saturated heterocycles. The summed E-state index contributed by atoms with van der Waals surface area (Å²) >= 11 is 0. The second kappa shape index (κ2) is 3.67. The number of anilines is 1. The van der Waals surface area contributed by atoms with Gasteiger partial charge in [0.1, 0.15) is 11.6 Å². The van der Waals surface area contributed by atoms with Gasteiger partial charge < -0.3 is 11.1 Å². The van der Waals surface area contributed by atoms with Gasteiger partial charge in [-0.1, -0.05) is 0 Å². The number of nitrogens with two attached hydrogens (primary N) is 1. The zero-order chi connectivity index (χ0) is 11.9. The Balaban J connectivity index is 2.49. The van der Waals surface area contributed by atoms with Crippen LogP contribution in [0.4, 0.5) is 5.82 Å². The quantitative estimate of drug-likeness (QED) is 0.743. The second-order valence-corrected chi connectivity index (χ2v) is 6.00. The van der Waals surface area contributed by atoms with Crippen LogP contribution < -0.4 is 11.1 Å². The first kappa shape index (κ1) is 11.3. The van der Waals surface area contributed by atoms with E-state index in [-0.39, 0.29) is 23.4 Å². The maximum atomic E-state index is 11.5. The van der Waals surface area contributed by atoms with Crippen molar-refractivity contribution in [1.82, 2.24) is 15.3 Å². The third kappa shape index (κ3) is 1.88. The standard InChI is InChI=1S/C9H14N4O2S/c1-5(11-2)9-12-7-4-16(14,15)3-6(7)8(10)13-9/h5,11H,3-4H2,1-2H3,(H2,10,12,13). The van der Waals surface area contributed by atoms with Gasteiger partial charge in [0.2, 0.25) is 0 Å². The van der Waals surface area contributed by atoms with Crippen molar-refractivity contribution in [1.29, 1.82) is 0 Å². The van der Waals surface area contributed by atoms with E-state index in [9.17, 15) is 8.42 Å². The van der Waals surface area contributed by atoms with Crippen molar-refractivity contribution in [2.45, 2.75) is 24.5 Å². The van der Waals surface area contributed by atoms with E-state index < -0.39 is 9.84 Å². The van der Waals surface area contributed by atoms with Gasteiger partial charge in [0.15, 0.2) is 9.84 Å². The number of nitrogens with one attached hydrogen (secondary N) is 1. The van der Waals surface area contributed by atoms with Gasteiger partial charge in [-0.2, -0.15) is 0 Å². The molecule has 1 aliphatic heterocycles. The molecule has 0 fully saturated rings. The van der Waals surface area contributed by atoms with Crippen molar-refractivity contribution >= 4 is 15.7 Å². The smallest absolute Gasteiger partial charge is 0.160 e. The van der Waals surface area contributed by atoms with Crippen LogP contribution >= 0.6 is 0 Å². The maximum Gasteiger partial charge on any atom is 0.160 e. The Labute approximate surface area is 94.2 Å². The number of hydrogen-bond donors (Lipinski definition) is 2. The van der Waals surface area contributed by atoms with Crippen molar-refractivity contribution in [3.63, 3.8) is 0 Å². The topological polar surface area (TPSA) is 98.0 Å². The summed E-state index contributed by atoms with van der Waals surface area (Å²) in [4.78, 5) is 8.37. The lowest BCUT2D eigenvalue weighted by molar-refractivity contribution is 0.597. The number of aromatic nitrogens is 2. The summed E-state index contributed by atoms with van der Waals surface area (Å²) in [7, 11) is -1.29. The normalized spacial score (nSPS) is 19.4. The molecule has 1 unspecified atom stereocenters. The summed E-state index contributed by atoms with van der Waals surface area (Å²) in [6.07, 6.45) is 0. The molecular weight excluding hydrogens is 228 g/mol. The Kier molecular flexibility index (Phi) is 2.59. The van der Waals surface area contributed by atoms with E-state index in [1.807, 2.05) is 6.92 Å². The van der Waals surface area contributed by atoms with E-state index in [0.717, 1.165) is 0 Å². The number of fused-ring (bicyclic) bond motifs is 1. The van der Waals surface area contributed by atoms with Gasteiger partial charge in [0.05, 0.1) is 23.2 Å². The highest BCUT2D eigenvalue weighted by Crippen LogP contribution is 2.28. The molecule has 0 saturated carbocycles. The summed E-state index contributed by atoms with van der Waals surface area (Å²) in [6, 6.07) is -0.0455. The van der Waals surface area contributed by atoms with Gasteiger partial charge >= 0.3 is 0 Å². The largest absolute Gasteiger partial charge is 0.383 e. The Hall–Kier alpha value is -1.21. The number of sulfone groups is 1. The van der Waals surface area contributed by atoms with Crippen molar-refractivity contribution in [2.75, 3.05) is 12.8 Å². The number of nitrogens with zero attached hydrogens (tertiary/aromatic N) is 2. The Morgan fingerprint density at radius 1 is 1.38 bits per heavy atom. The lowest BCUT2D eigenvalue weighted by atomic mass is 10.2. The molecule has 2 heterocycles. The first-order valence-electron chi connectivity index (χ1n) is 4.96. The van der Waals surface area contributed by atoms with E-state index in [1.54, 1.807) is 7.05 Å². The van der Waals surface area contributed by atoms with Crippen LogP contribution in [0.25, 0.3) is 0 Å². The molecule has 1 aromatic heterocycles. The zero-order valence-electron chi connectivity index (χ0n) is 9.19. The Morgan fingerprint density at radius 2 is 2.06 bits per heavy atom. The molecule has 2 rings (SSSR count). The third-order valence-corrected chi connectivity index (χ3v) is 4.13. The number of nitrogen functional groups attached to an aromatic ring is 1. The van der Waals surface area contributed by atoms with Crippen LogP contribution in [0.3, 0.4) is 0 Å². The summed E-state index contributed by atoms with van der Waals surface area (Å²) in [5, 5.41) is 2.99. The van der Waals surface area contributed by atoms with Crippen LogP contribution in [-0.4, -0.2) is 25.4 Å². The van der Waals surface area contributed by atoms with Crippen molar-refractivity contribution in [3.05, 3.63) is 17.1 Å². The van der Waals surface area contributed by atoms with Crippen LogP contribution in [0, 0.1) is 0 Å². The van der Waals surface area contributed by atoms with Crippen LogP contribution in [0.15, 0.2) is 0 Å². The molecule has 0 aromatic carbocycles. The zero-order valence-corrected chi connectivity index (χ0v) is 10.0. The predicted octanol–water partition coefficient (Wildman–Crippen LogP) is -0.232. The van der Waals surface area contributed by atoms with Crippen molar-refractivity contribution in [3.8, 4) is 0 Å². The summed E-state index contributed by atoms with van der Waals surface area (Å²) < 4.78 is 22.9. The number of hydrogen-bond acceptors (Lipinski definition) is 6. The van der Waals surface area contributed by atoms with E-state index in [4.69, 9.17) is 5.73 Å². The lowest BCUT2D eigenvalue weighted by Gasteiger charge is -2.10. The minimum absolute atomic E-state index is 0.0293. The molecule has 0 bridgehead atoms. The molecule has 88 valence electrons. The third-order valence-electron chi connectivity index (χ3n) is 2.68. The molecule has 16 heavy (non-hydrogen) atoms. The molecular formula is C9H14N4O2S. The van der Waals surface area contributed by atoms with Gasteiger partial charge in [-0.25, -0.2) is 18.4 Å². The molecule has 0 aliphatic carbocycles. The minimum Gasteiger partial charge on any atom is -0.383 e. The minimum atomic E-state index is -3.08. The van der Waals surface area contributed by atoms with Crippen LogP contribution in [0.2, 0.25) is 0 Å². The first-order valence-corrected chi connectivity index (χ1v) is 6.78. The lowest BCUT2D eigenvalue weighted by Crippen LogP contribution is -2.17. The molecule has 1 aliphatic rings. The fourth-order valence-corrected chi connectivity index (χ4v) is 3.16. The maximum absolute atomic E-state index is 11.5. The molecule has 0 spiro atoms. The SMILES string of the molecule is CNC(C)c1nc(N)c2c(n1)CS(=O)(=O)C2. The van der Waals surface area contributed by atoms with E-state index in [2.05, 4.69) is 15.3 Å². The predicted molar refractivity (Wildman–Crippen MR) is 60.2 cm³/mol. The van der Waals surface area contributed by atoms with E-state index in [1.165, 1.54) is 0 Å². The van der Waals surface area contributed by atoms with Crippen molar-refractivity contribution in [2.24, 2.45) is 0 Å². The van der Waals surface area contributed by atoms with Crippen LogP contribution in [-0.2, 0) is 21.3 Å². The molecule has 1 aromatic rings. The average molecular weight is 242 g/mol. The van der Waals surface area contributed by atoms with Crippen LogP contribution in [0.1, 0.15) is 30.0 Å². The highest BCUT2D eigenvalue weighted by Gasteiger charge is 2.29. The van der Waals surface area contributed by atoms with Gasteiger partial charge in [-0.15, -0.1) is 0 Å². The van der Waals surface area contributed by atoms with Gasteiger partial charge in [-0.05, 0) is 14.0 Å². The van der Waals surface area contributed by atoms with Crippen LogP contribution in [0.5, 0.6) is 0 Å². The highest BCUT2D eigenvalue weighted by atomic mass is 32.2. The highest BCUT2D eigenvalue weighted by molar-refractivity contribution is 7.90.